The van der Waals surface area contributed by atoms with Gasteiger partial charge in [0.1, 0.15) is 5.92 Å². The van der Waals surface area contributed by atoms with Gasteiger partial charge in [-0.3, -0.25) is 4.79 Å². The highest BCUT2D eigenvalue weighted by atomic mass is 16.5. The third-order valence-corrected chi connectivity index (χ3v) is 3.42. The van der Waals surface area contributed by atoms with Crippen molar-refractivity contribution in [2.75, 3.05) is 19.8 Å². The van der Waals surface area contributed by atoms with E-state index in [-0.39, 0.29) is 11.4 Å². The monoisotopic (exact) mass is 258 g/mol. The highest BCUT2D eigenvalue weighted by Gasteiger charge is 2.37. The molecule has 0 aromatic heterocycles. The summed E-state index contributed by atoms with van der Waals surface area (Å²) in [7, 11) is 0. The largest absolute Gasteiger partial charge is 0.377 e. The summed E-state index contributed by atoms with van der Waals surface area (Å²) in [6.45, 7) is 5.50. The average Bonchev–Trinajstić information content (AvgIpc) is 2.40. The summed E-state index contributed by atoms with van der Waals surface area (Å²) in [6, 6.07) is 11.3. The van der Waals surface area contributed by atoms with E-state index in [4.69, 9.17) is 4.74 Å². The molecule has 1 aromatic carbocycles. The summed E-state index contributed by atoms with van der Waals surface area (Å²) in [5.41, 5.74) is 0.386. The van der Waals surface area contributed by atoms with Crippen LogP contribution in [0.1, 0.15) is 25.3 Å². The number of ether oxygens (including phenoxy) is 1. The van der Waals surface area contributed by atoms with Crippen LogP contribution in [-0.2, 0) is 9.53 Å². The highest BCUT2D eigenvalue weighted by Crippen LogP contribution is 2.25. The number of amides is 1. The van der Waals surface area contributed by atoms with E-state index in [2.05, 4.69) is 6.07 Å². The summed E-state index contributed by atoms with van der Waals surface area (Å²) in [6.07, 6.45) is 0. The fraction of sp³-hybridized carbons (Fsp3) is 0.467. The van der Waals surface area contributed by atoms with E-state index in [1.165, 1.54) is 0 Å². The van der Waals surface area contributed by atoms with Gasteiger partial charge in [-0.05, 0) is 19.4 Å². The maximum atomic E-state index is 12.6. The second-order valence-corrected chi connectivity index (χ2v) is 5.33. The normalized spacial score (nSPS) is 19.5. The topological polar surface area (TPSA) is 53.3 Å². The lowest BCUT2D eigenvalue weighted by atomic mass is 9.95. The third kappa shape index (κ3) is 2.77. The summed E-state index contributed by atoms with van der Waals surface area (Å²) in [4.78, 5) is 14.4. The fourth-order valence-corrected chi connectivity index (χ4v) is 2.34. The minimum absolute atomic E-state index is 0.137. The molecule has 0 radical (unpaired) electrons. The van der Waals surface area contributed by atoms with Crippen LogP contribution < -0.4 is 0 Å². The van der Waals surface area contributed by atoms with Gasteiger partial charge in [-0.1, -0.05) is 30.3 Å². The van der Waals surface area contributed by atoms with Gasteiger partial charge in [0, 0.05) is 6.54 Å². The highest BCUT2D eigenvalue weighted by molar-refractivity contribution is 5.87. The Morgan fingerprint density at radius 3 is 2.68 bits per heavy atom. The van der Waals surface area contributed by atoms with Crippen molar-refractivity contribution in [1.82, 2.24) is 4.90 Å². The molecule has 19 heavy (non-hydrogen) atoms. The van der Waals surface area contributed by atoms with E-state index in [0.29, 0.717) is 19.8 Å². The molecule has 0 bridgehead atoms. The molecule has 1 aromatic rings. The Morgan fingerprint density at radius 2 is 2.11 bits per heavy atom. The number of rotatable bonds is 2. The molecule has 0 N–H and O–H groups in total. The van der Waals surface area contributed by atoms with E-state index < -0.39 is 5.92 Å². The number of nitriles is 1. The molecule has 1 saturated heterocycles. The summed E-state index contributed by atoms with van der Waals surface area (Å²) in [5, 5.41) is 9.32. The molecular weight excluding hydrogens is 240 g/mol. The lowest BCUT2D eigenvalue weighted by molar-refractivity contribution is -0.146. The van der Waals surface area contributed by atoms with Crippen molar-refractivity contribution in [2.45, 2.75) is 25.3 Å². The van der Waals surface area contributed by atoms with Crippen LogP contribution in [0.4, 0.5) is 0 Å². The van der Waals surface area contributed by atoms with Crippen molar-refractivity contribution in [3.63, 3.8) is 0 Å². The van der Waals surface area contributed by atoms with Crippen LogP contribution in [0.2, 0.25) is 0 Å². The molecule has 4 heteroatoms. The fourth-order valence-electron chi connectivity index (χ4n) is 2.34. The molecule has 0 saturated carbocycles. The zero-order chi connectivity index (χ0) is 13.9. The second kappa shape index (κ2) is 5.41. The van der Waals surface area contributed by atoms with Crippen LogP contribution in [0, 0.1) is 11.3 Å². The summed E-state index contributed by atoms with van der Waals surface area (Å²) in [5.74, 6) is -0.874. The second-order valence-electron chi connectivity index (χ2n) is 5.33. The van der Waals surface area contributed by atoms with Crippen molar-refractivity contribution in [3.8, 4) is 6.07 Å². The standard InChI is InChI=1S/C15H18N2O2/c1-15(2)11-19-9-8-17(15)14(18)13(10-16)12-6-4-3-5-7-12/h3-7,13H,8-9,11H2,1-2H3. The van der Waals surface area contributed by atoms with Crippen LogP contribution in [0.3, 0.4) is 0 Å². The molecular formula is C15H18N2O2. The maximum Gasteiger partial charge on any atom is 0.245 e. The maximum absolute atomic E-state index is 12.6. The third-order valence-electron chi connectivity index (χ3n) is 3.42. The number of nitrogens with zero attached hydrogens (tertiary/aromatic N) is 2. The van der Waals surface area contributed by atoms with Crippen LogP contribution >= 0.6 is 0 Å². The molecule has 0 spiro atoms. The first-order chi connectivity index (χ1) is 9.06. The van der Waals surface area contributed by atoms with Gasteiger partial charge < -0.3 is 9.64 Å². The predicted octanol–water partition coefficient (Wildman–Crippen LogP) is 1.93. The van der Waals surface area contributed by atoms with Crippen molar-refractivity contribution < 1.29 is 9.53 Å². The van der Waals surface area contributed by atoms with Gasteiger partial charge in [0.15, 0.2) is 0 Å². The molecule has 1 amide bonds. The molecule has 2 rings (SSSR count). The summed E-state index contributed by atoms with van der Waals surface area (Å²) < 4.78 is 5.41. The Balaban J connectivity index is 2.25. The minimum atomic E-state index is -0.737. The van der Waals surface area contributed by atoms with Crippen LogP contribution in [0.15, 0.2) is 30.3 Å². The molecule has 1 fully saturated rings. The van der Waals surface area contributed by atoms with Gasteiger partial charge in [-0.2, -0.15) is 5.26 Å². The Morgan fingerprint density at radius 1 is 1.42 bits per heavy atom. The number of hydrogen-bond acceptors (Lipinski definition) is 3. The van der Waals surface area contributed by atoms with E-state index in [1.54, 1.807) is 4.90 Å². The van der Waals surface area contributed by atoms with E-state index in [1.807, 2.05) is 44.2 Å². The molecule has 1 aliphatic rings. The Hall–Kier alpha value is -1.86. The first kappa shape index (κ1) is 13.6. The molecule has 0 aliphatic carbocycles. The number of morpholine rings is 1. The molecule has 4 nitrogen and oxygen atoms in total. The number of carbonyl (C=O) groups is 1. The van der Waals surface area contributed by atoms with Gasteiger partial charge in [0.2, 0.25) is 5.91 Å². The van der Waals surface area contributed by atoms with Crippen LogP contribution in [-0.4, -0.2) is 36.1 Å². The van der Waals surface area contributed by atoms with Crippen molar-refractivity contribution in [3.05, 3.63) is 35.9 Å². The molecule has 100 valence electrons. The Kier molecular flexibility index (Phi) is 3.87. The predicted molar refractivity (Wildman–Crippen MR) is 71.4 cm³/mol. The molecule has 1 aliphatic heterocycles. The smallest absolute Gasteiger partial charge is 0.245 e. The quantitative estimate of drug-likeness (QED) is 0.814. The zero-order valence-electron chi connectivity index (χ0n) is 11.3. The van der Waals surface area contributed by atoms with E-state index in [0.717, 1.165) is 5.56 Å². The first-order valence-corrected chi connectivity index (χ1v) is 6.40. The first-order valence-electron chi connectivity index (χ1n) is 6.40. The van der Waals surface area contributed by atoms with Crippen LogP contribution in [0.5, 0.6) is 0 Å². The van der Waals surface area contributed by atoms with Crippen LogP contribution in [0.25, 0.3) is 0 Å². The van der Waals surface area contributed by atoms with Gasteiger partial charge in [0.25, 0.3) is 0 Å². The molecule has 1 heterocycles. The average molecular weight is 258 g/mol. The number of hydrogen-bond donors (Lipinski definition) is 0. The lowest BCUT2D eigenvalue weighted by Gasteiger charge is -2.42. The van der Waals surface area contributed by atoms with E-state index >= 15 is 0 Å². The molecule has 1 unspecified atom stereocenters. The van der Waals surface area contributed by atoms with E-state index in [9.17, 15) is 10.1 Å². The van der Waals surface area contributed by atoms with Gasteiger partial charge >= 0.3 is 0 Å². The lowest BCUT2D eigenvalue weighted by Crippen LogP contribution is -2.56. The van der Waals surface area contributed by atoms with Crippen molar-refractivity contribution in [1.29, 1.82) is 5.26 Å². The van der Waals surface area contributed by atoms with Gasteiger partial charge in [0.05, 0.1) is 24.8 Å². The minimum Gasteiger partial charge on any atom is -0.377 e. The Labute approximate surface area is 113 Å². The number of carbonyl (C=O) groups excluding carboxylic acids is 1. The number of benzene rings is 1. The Bertz CT molecular complexity index is 491. The van der Waals surface area contributed by atoms with Crippen molar-refractivity contribution >= 4 is 5.91 Å². The van der Waals surface area contributed by atoms with Crippen molar-refractivity contribution in [2.24, 2.45) is 0 Å². The summed E-state index contributed by atoms with van der Waals surface area (Å²) >= 11 is 0. The molecule has 1 atom stereocenters. The SMILES string of the molecule is CC1(C)COCCN1C(=O)C(C#N)c1ccccc1. The van der Waals surface area contributed by atoms with Gasteiger partial charge in [-0.25, -0.2) is 0 Å². The van der Waals surface area contributed by atoms with Gasteiger partial charge in [-0.15, -0.1) is 0 Å². The zero-order valence-corrected chi connectivity index (χ0v) is 11.3.